The summed E-state index contributed by atoms with van der Waals surface area (Å²) >= 11 is 1.31. The van der Waals surface area contributed by atoms with Gasteiger partial charge in [-0.05, 0) is 36.4 Å². The number of rotatable bonds is 7. The standard InChI is InChI=1S/C20H16F2N6O2S/c1-12-17(13-7-9-15(10-8-13)30-19(21)22)24-20(31-12)23-16(29)11-28-26-18(25-27-28)14-5-3-2-4-6-14/h2-10,19H,11H2,1H3,(H,23,24,29). The molecule has 2 heterocycles. The second-order valence-electron chi connectivity index (χ2n) is 6.38. The van der Waals surface area contributed by atoms with E-state index in [1.165, 1.54) is 28.3 Å². The van der Waals surface area contributed by atoms with Crippen molar-refractivity contribution in [1.82, 2.24) is 25.2 Å². The van der Waals surface area contributed by atoms with E-state index in [0.29, 0.717) is 16.6 Å². The van der Waals surface area contributed by atoms with Crippen LogP contribution in [0.2, 0.25) is 0 Å². The third-order valence-electron chi connectivity index (χ3n) is 4.17. The molecule has 1 N–H and O–H groups in total. The van der Waals surface area contributed by atoms with Crippen molar-refractivity contribution < 1.29 is 18.3 Å². The number of tetrazole rings is 1. The Kier molecular flexibility index (Phi) is 5.94. The molecule has 0 spiro atoms. The SMILES string of the molecule is Cc1sc(NC(=O)Cn2nnc(-c3ccccc3)n2)nc1-c1ccc(OC(F)F)cc1. The molecule has 31 heavy (non-hydrogen) atoms. The fourth-order valence-electron chi connectivity index (χ4n) is 2.81. The average Bonchev–Trinajstić information content (AvgIpc) is 3.35. The third-order valence-corrected chi connectivity index (χ3v) is 5.05. The van der Waals surface area contributed by atoms with Crippen LogP contribution in [0.1, 0.15) is 4.88 Å². The van der Waals surface area contributed by atoms with Gasteiger partial charge in [-0.15, -0.1) is 21.5 Å². The summed E-state index contributed by atoms with van der Waals surface area (Å²) < 4.78 is 28.9. The van der Waals surface area contributed by atoms with Crippen molar-refractivity contribution in [3.63, 3.8) is 0 Å². The van der Waals surface area contributed by atoms with E-state index in [9.17, 15) is 13.6 Å². The lowest BCUT2D eigenvalue weighted by atomic mass is 10.1. The Hall–Kier alpha value is -3.73. The number of carbonyl (C=O) groups is 1. The van der Waals surface area contributed by atoms with Gasteiger partial charge >= 0.3 is 6.61 Å². The van der Waals surface area contributed by atoms with Crippen LogP contribution in [-0.2, 0) is 11.3 Å². The van der Waals surface area contributed by atoms with Crippen LogP contribution < -0.4 is 10.1 Å². The number of ether oxygens (including phenoxy) is 1. The molecule has 4 aromatic rings. The second kappa shape index (κ2) is 8.96. The Morgan fingerprint density at radius 2 is 1.87 bits per heavy atom. The Morgan fingerprint density at radius 3 is 2.58 bits per heavy atom. The quantitative estimate of drug-likeness (QED) is 0.465. The molecule has 8 nitrogen and oxygen atoms in total. The lowest BCUT2D eigenvalue weighted by Crippen LogP contribution is -2.20. The van der Waals surface area contributed by atoms with Gasteiger partial charge in [-0.25, -0.2) is 4.98 Å². The number of nitrogens with one attached hydrogen (secondary N) is 1. The maximum atomic E-state index is 12.4. The van der Waals surface area contributed by atoms with Crippen LogP contribution in [0.15, 0.2) is 54.6 Å². The first-order valence-corrected chi connectivity index (χ1v) is 9.95. The summed E-state index contributed by atoms with van der Waals surface area (Å²) in [5.74, 6) is 0.147. The molecular weight excluding hydrogens is 426 g/mol. The highest BCUT2D eigenvalue weighted by Gasteiger charge is 2.14. The summed E-state index contributed by atoms with van der Waals surface area (Å²) in [6, 6.07) is 15.5. The monoisotopic (exact) mass is 442 g/mol. The van der Waals surface area contributed by atoms with Crippen LogP contribution in [0.4, 0.5) is 13.9 Å². The van der Waals surface area contributed by atoms with Gasteiger partial charge in [0.2, 0.25) is 11.7 Å². The molecular formula is C20H16F2N6O2S. The van der Waals surface area contributed by atoms with E-state index in [1.807, 2.05) is 37.3 Å². The third kappa shape index (κ3) is 5.07. The van der Waals surface area contributed by atoms with Gasteiger partial charge in [0.15, 0.2) is 5.13 Å². The molecule has 0 atom stereocenters. The number of aromatic nitrogens is 5. The summed E-state index contributed by atoms with van der Waals surface area (Å²) in [6.45, 7) is -1.14. The van der Waals surface area contributed by atoms with Gasteiger partial charge in [-0.1, -0.05) is 30.3 Å². The Labute approximate surface area is 179 Å². The summed E-state index contributed by atoms with van der Waals surface area (Å²) in [5.41, 5.74) is 2.18. The van der Waals surface area contributed by atoms with E-state index in [0.717, 1.165) is 16.0 Å². The second-order valence-corrected chi connectivity index (χ2v) is 7.59. The molecule has 158 valence electrons. The van der Waals surface area contributed by atoms with Crippen LogP contribution in [0.3, 0.4) is 0 Å². The molecule has 0 fully saturated rings. The lowest BCUT2D eigenvalue weighted by molar-refractivity contribution is -0.117. The fraction of sp³-hybridized carbons (Fsp3) is 0.150. The van der Waals surface area contributed by atoms with Crippen LogP contribution in [-0.4, -0.2) is 37.7 Å². The van der Waals surface area contributed by atoms with E-state index < -0.39 is 6.61 Å². The minimum atomic E-state index is -2.88. The minimum Gasteiger partial charge on any atom is -0.435 e. The first-order chi connectivity index (χ1) is 15.0. The topological polar surface area (TPSA) is 94.8 Å². The number of benzene rings is 2. The fourth-order valence-corrected chi connectivity index (χ4v) is 3.66. The van der Waals surface area contributed by atoms with Gasteiger partial charge in [-0.2, -0.15) is 13.6 Å². The molecule has 0 saturated heterocycles. The van der Waals surface area contributed by atoms with Crippen LogP contribution in [0, 0.1) is 6.92 Å². The highest BCUT2D eigenvalue weighted by Crippen LogP contribution is 2.31. The molecule has 0 aliphatic carbocycles. The number of alkyl halides is 2. The zero-order valence-corrected chi connectivity index (χ0v) is 17.0. The van der Waals surface area contributed by atoms with Crippen molar-refractivity contribution >= 4 is 22.4 Å². The highest BCUT2D eigenvalue weighted by molar-refractivity contribution is 7.16. The summed E-state index contributed by atoms with van der Waals surface area (Å²) in [4.78, 5) is 18.9. The number of anilines is 1. The molecule has 2 aromatic heterocycles. The first kappa shape index (κ1) is 20.5. The Morgan fingerprint density at radius 1 is 1.13 bits per heavy atom. The molecule has 0 saturated carbocycles. The zero-order chi connectivity index (χ0) is 21.8. The van der Waals surface area contributed by atoms with Crippen molar-refractivity contribution in [3.05, 3.63) is 59.5 Å². The Bertz CT molecular complexity index is 1180. The molecule has 4 rings (SSSR count). The minimum absolute atomic E-state index is 0.0652. The van der Waals surface area contributed by atoms with E-state index in [2.05, 4.69) is 30.4 Å². The number of halogens is 2. The maximum Gasteiger partial charge on any atom is 0.387 e. The summed E-state index contributed by atoms with van der Waals surface area (Å²) in [5, 5.41) is 15.2. The molecule has 0 aliphatic rings. The van der Waals surface area contributed by atoms with E-state index in [4.69, 9.17) is 0 Å². The first-order valence-electron chi connectivity index (χ1n) is 9.13. The smallest absolute Gasteiger partial charge is 0.387 e. The lowest BCUT2D eigenvalue weighted by Gasteiger charge is -2.05. The number of amides is 1. The zero-order valence-electron chi connectivity index (χ0n) is 16.2. The molecule has 0 aliphatic heterocycles. The molecule has 0 radical (unpaired) electrons. The normalized spacial score (nSPS) is 11.0. The number of aryl methyl sites for hydroxylation is 1. The van der Waals surface area contributed by atoms with Gasteiger partial charge in [0.1, 0.15) is 12.3 Å². The largest absolute Gasteiger partial charge is 0.435 e. The van der Waals surface area contributed by atoms with Gasteiger partial charge in [0.25, 0.3) is 0 Å². The number of carbonyl (C=O) groups excluding carboxylic acids is 1. The van der Waals surface area contributed by atoms with E-state index in [-0.39, 0.29) is 18.2 Å². The summed E-state index contributed by atoms with van der Waals surface area (Å²) in [7, 11) is 0. The number of hydrogen-bond acceptors (Lipinski definition) is 7. The summed E-state index contributed by atoms with van der Waals surface area (Å²) in [6.07, 6.45) is 0. The van der Waals surface area contributed by atoms with E-state index >= 15 is 0 Å². The van der Waals surface area contributed by atoms with Gasteiger partial charge in [0.05, 0.1) is 5.69 Å². The molecule has 0 bridgehead atoms. The van der Waals surface area contributed by atoms with E-state index in [1.54, 1.807) is 12.1 Å². The maximum absolute atomic E-state index is 12.4. The highest BCUT2D eigenvalue weighted by atomic mass is 32.1. The van der Waals surface area contributed by atoms with Gasteiger partial charge in [-0.3, -0.25) is 4.79 Å². The van der Waals surface area contributed by atoms with Crippen molar-refractivity contribution in [2.75, 3.05) is 5.32 Å². The predicted molar refractivity (Wildman–Crippen MR) is 111 cm³/mol. The van der Waals surface area contributed by atoms with Crippen LogP contribution in [0.25, 0.3) is 22.6 Å². The molecule has 1 amide bonds. The number of hydrogen-bond donors (Lipinski definition) is 1. The van der Waals surface area contributed by atoms with Gasteiger partial charge in [0, 0.05) is 16.0 Å². The molecule has 2 aromatic carbocycles. The van der Waals surface area contributed by atoms with Crippen LogP contribution in [0.5, 0.6) is 5.75 Å². The van der Waals surface area contributed by atoms with Crippen LogP contribution >= 0.6 is 11.3 Å². The number of nitrogens with zero attached hydrogens (tertiary/aromatic N) is 5. The Balaban J connectivity index is 1.41. The van der Waals surface area contributed by atoms with Gasteiger partial charge < -0.3 is 10.1 Å². The average molecular weight is 442 g/mol. The molecule has 0 unspecified atom stereocenters. The van der Waals surface area contributed by atoms with Crippen molar-refractivity contribution in [3.8, 4) is 28.4 Å². The van der Waals surface area contributed by atoms with Crippen molar-refractivity contribution in [1.29, 1.82) is 0 Å². The predicted octanol–water partition coefficient (Wildman–Crippen LogP) is 4.01. The van der Waals surface area contributed by atoms with Crippen molar-refractivity contribution in [2.24, 2.45) is 0 Å². The number of thiazole rings is 1. The molecule has 11 heteroatoms. The van der Waals surface area contributed by atoms with Crippen molar-refractivity contribution in [2.45, 2.75) is 20.1 Å².